The van der Waals surface area contributed by atoms with E-state index >= 15 is 0 Å². The minimum Gasteiger partial charge on any atom is -0.493 e. The van der Waals surface area contributed by atoms with Crippen LogP contribution in [0.2, 0.25) is 0 Å². The van der Waals surface area contributed by atoms with Crippen LogP contribution in [0.1, 0.15) is 61.6 Å². The van der Waals surface area contributed by atoms with Crippen LogP contribution in [-0.2, 0) is 19.6 Å². The van der Waals surface area contributed by atoms with Gasteiger partial charge in [0.05, 0.1) is 23.8 Å². The number of halogens is 2. The molecule has 2 heterocycles. The standard InChI is InChI=1S/C27H30F2N2O6S/c1-16(32)36-18-7-10-23-21(13-18)20-14-24(35-2)25(37-27(28)29)15-22(20)26(30-23)17-5-8-19(9-6-17)38(33,34)31-11-3-4-12-31/h5-6,8-9,14-15,18,21,23,27H,3-4,7,10-13H2,1-2H3. The summed E-state index contributed by atoms with van der Waals surface area (Å²) in [4.78, 5) is 16.8. The van der Waals surface area contributed by atoms with Crippen LogP contribution in [0.25, 0.3) is 0 Å². The maximum atomic E-state index is 13.2. The molecule has 2 aromatic carbocycles. The molecule has 11 heteroatoms. The number of sulfonamides is 1. The number of nitrogens with zero attached hydrogens (tertiary/aromatic N) is 2. The molecule has 0 bridgehead atoms. The lowest BCUT2D eigenvalue weighted by Crippen LogP contribution is -2.36. The lowest BCUT2D eigenvalue weighted by molar-refractivity contribution is -0.148. The summed E-state index contributed by atoms with van der Waals surface area (Å²) in [5, 5.41) is 0. The number of aliphatic imine (C=N–C) groups is 1. The molecule has 2 fully saturated rings. The van der Waals surface area contributed by atoms with Crippen LogP contribution < -0.4 is 9.47 Å². The normalized spacial score (nSPS) is 23.4. The molecular formula is C27H30F2N2O6S. The van der Waals surface area contributed by atoms with Gasteiger partial charge in [-0.1, -0.05) is 12.1 Å². The fourth-order valence-corrected chi connectivity index (χ4v) is 7.23. The molecular weight excluding hydrogens is 518 g/mol. The summed E-state index contributed by atoms with van der Waals surface area (Å²) in [5.41, 5.74) is 2.67. The number of carbonyl (C=O) groups is 1. The molecule has 8 nitrogen and oxygen atoms in total. The fourth-order valence-electron chi connectivity index (χ4n) is 5.71. The molecule has 38 heavy (non-hydrogen) atoms. The van der Waals surface area contributed by atoms with Crippen molar-refractivity contribution in [2.24, 2.45) is 4.99 Å². The maximum absolute atomic E-state index is 13.2. The number of carbonyl (C=O) groups excluding carboxylic acids is 1. The smallest absolute Gasteiger partial charge is 0.387 e. The Labute approximate surface area is 220 Å². The van der Waals surface area contributed by atoms with Crippen LogP contribution >= 0.6 is 0 Å². The highest BCUT2D eigenvalue weighted by Crippen LogP contribution is 2.45. The molecule has 1 saturated carbocycles. The largest absolute Gasteiger partial charge is 0.493 e. The first-order valence-corrected chi connectivity index (χ1v) is 14.1. The highest BCUT2D eigenvalue weighted by Gasteiger charge is 2.39. The SMILES string of the molecule is COc1cc2c(cc1OC(F)F)C(c1ccc(S(=O)(=O)N3CCCC3)cc1)=NC1CCC(OC(C)=O)CC21. The molecule has 0 spiro atoms. The van der Waals surface area contributed by atoms with Crippen molar-refractivity contribution in [1.29, 1.82) is 0 Å². The van der Waals surface area contributed by atoms with E-state index in [0.717, 1.165) is 18.4 Å². The molecule has 2 aromatic rings. The molecule has 0 radical (unpaired) electrons. The number of hydrogen-bond donors (Lipinski definition) is 0. The molecule has 1 aliphatic carbocycles. The van der Waals surface area contributed by atoms with E-state index in [0.29, 0.717) is 49.2 Å². The van der Waals surface area contributed by atoms with Gasteiger partial charge in [-0.05, 0) is 61.9 Å². The van der Waals surface area contributed by atoms with Crippen molar-refractivity contribution < 1.29 is 36.2 Å². The second-order valence-corrected chi connectivity index (χ2v) is 11.7. The van der Waals surface area contributed by atoms with E-state index in [4.69, 9.17) is 19.2 Å². The lowest BCUT2D eigenvalue weighted by Gasteiger charge is -2.38. The highest BCUT2D eigenvalue weighted by atomic mass is 32.2. The van der Waals surface area contributed by atoms with Crippen molar-refractivity contribution in [3.8, 4) is 11.5 Å². The van der Waals surface area contributed by atoms with E-state index in [-0.39, 0.29) is 40.4 Å². The molecule has 0 aromatic heterocycles. The molecule has 1 saturated heterocycles. The number of esters is 1. The zero-order chi connectivity index (χ0) is 27.0. The van der Waals surface area contributed by atoms with Crippen molar-refractivity contribution in [2.45, 2.75) is 68.6 Å². The average Bonchev–Trinajstić information content (AvgIpc) is 3.43. The molecule has 3 unspecified atom stereocenters. The third kappa shape index (κ3) is 5.13. The average molecular weight is 549 g/mol. The van der Waals surface area contributed by atoms with E-state index in [1.165, 1.54) is 24.4 Å². The number of ether oxygens (including phenoxy) is 3. The first-order valence-electron chi connectivity index (χ1n) is 12.7. The first kappa shape index (κ1) is 26.6. The summed E-state index contributed by atoms with van der Waals surface area (Å²) in [6.07, 6.45) is 3.29. The van der Waals surface area contributed by atoms with Gasteiger partial charge in [0.2, 0.25) is 10.0 Å². The topological polar surface area (TPSA) is 94.5 Å². The second-order valence-electron chi connectivity index (χ2n) is 9.80. The Bertz CT molecular complexity index is 1340. The van der Waals surface area contributed by atoms with Crippen LogP contribution in [0, 0.1) is 0 Å². The van der Waals surface area contributed by atoms with Crippen molar-refractivity contribution in [2.75, 3.05) is 20.2 Å². The van der Waals surface area contributed by atoms with E-state index in [9.17, 15) is 22.0 Å². The monoisotopic (exact) mass is 548 g/mol. The highest BCUT2D eigenvalue weighted by molar-refractivity contribution is 7.89. The van der Waals surface area contributed by atoms with E-state index in [1.807, 2.05) is 0 Å². The molecule has 0 amide bonds. The Hall–Kier alpha value is -3.05. The van der Waals surface area contributed by atoms with Gasteiger partial charge in [-0.15, -0.1) is 0 Å². The Morgan fingerprint density at radius 3 is 2.42 bits per heavy atom. The third-order valence-corrected chi connectivity index (χ3v) is 9.34. The predicted octanol–water partition coefficient (Wildman–Crippen LogP) is 4.50. The van der Waals surface area contributed by atoms with Crippen molar-refractivity contribution >= 4 is 21.7 Å². The Kier molecular flexibility index (Phi) is 7.41. The Morgan fingerprint density at radius 1 is 1.08 bits per heavy atom. The van der Waals surface area contributed by atoms with E-state index in [2.05, 4.69) is 0 Å². The Morgan fingerprint density at radius 2 is 1.79 bits per heavy atom. The van der Waals surface area contributed by atoms with Crippen molar-refractivity contribution in [3.63, 3.8) is 0 Å². The summed E-state index contributed by atoms with van der Waals surface area (Å²) in [5.74, 6) is -0.411. The first-order chi connectivity index (χ1) is 18.2. The number of methoxy groups -OCH3 is 1. The van der Waals surface area contributed by atoms with Crippen molar-refractivity contribution in [1.82, 2.24) is 4.31 Å². The summed E-state index contributed by atoms with van der Waals surface area (Å²) in [6.45, 7) is -0.647. The second kappa shape index (κ2) is 10.6. The number of hydrogen-bond acceptors (Lipinski definition) is 7. The zero-order valence-electron chi connectivity index (χ0n) is 21.2. The lowest BCUT2D eigenvalue weighted by atomic mass is 9.74. The predicted molar refractivity (Wildman–Crippen MR) is 136 cm³/mol. The van der Waals surface area contributed by atoms with Gasteiger partial charge in [-0.25, -0.2) is 8.42 Å². The summed E-state index contributed by atoms with van der Waals surface area (Å²) in [7, 11) is -2.19. The quantitative estimate of drug-likeness (QED) is 0.473. The van der Waals surface area contributed by atoms with Crippen LogP contribution in [0.3, 0.4) is 0 Å². The van der Waals surface area contributed by atoms with Crippen LogP contribution in [0.4, 0.5) is 8.78 Å². The fraction of sp³-hybridized carbons (Fsp3) is 0.481. The molecule has 5 rings (SSSR count). The van der Waals surface area contributed by atoms with Crippen molar-refractivity contribution in [3.05, 3.63) is 53.1 Å². The third-order valence-electron chi connectivity index (χ3n) is 7.43. The molecule has 204 valence electrons. The number of alkyl halides is 2. The minimum atomic E-state index is -3.58. The summed E-state index contributed by atoms with van der Waals surface area (Å²) < 4.78 is 69.5. The van der Waals surface area contributed by atoms with Gasteiger partial charge in [0.1, 0.15) is 6.10 Å². The van der Waals surface area contributed by atoms with Gasteiger partial charge in [-0.2, -0.15) is 13.1 Å². The molecule has 0 N–H and O–H groups in total. The van der Waals surface area contributed by atoms with Gasteiger partial charge in [0, 0.05) is 37.1 Å². The van der Waals surface area contributed by atoms with Gasteiger partial charge >= 0.3 is 12.6 Å². The van der Waals surface area contributed by atoms with Gasteiger partial charge in [0.25, 0.3) is 0 Å². The van der Waals surface area contributed by atoms with Crippen LogP contribution in [0.5, 0.6) is 11.5 Å². The van der Waals surface area contributed by atoms with Gasteiger partial charge in [-0.3, -0.25) is 9.79 Å². The van der Waals surface area contributed by atoms with Crippen LogP contribution in [0.15, 0.2) is 46.3 Å². The summed E-state index contributed by atoms with van der Waals surface area (Å²) in [6, 6.07) is 9.61. The molecule has 3 atom stereocenters. The zero-order valence-corrected chi connectivity index (χ0v) is 22.0. The number of benzene rings is 2. The number of rotatable bonds is 7. The maximum Gasteiger partial charge on any atom is 0.387 e. The summed E-state index contributed by atoms with van der Waals surface area (Å²) >= 11 is 0. The molecule has 2 aliphatic heterocycles. The minimum absolute atomic E-state index is 0.115. The number of fused-ring (bicyclic) bond motifs is 3. The van der Waals surface area contributed by atoms with E-state index in [1.54, 1.807) is 30.3 Å². The van der Waals surface area contributed by atoms with Gasteiger partial charge in [0.15, 0.2) is 11.5 Å². The van der Waals surface area contributed by atoms with Crippen LogP contribution in [-0.4, -0.2) is 63.4 Å². The van der Waals surface area contributed by atoms with Gasteiger partial charge < -0.3 is 14.2 Å². The van der Waals surface area contributed by atoms with E-state index < -0.39 is 16.6 Å². The Balaban J connectivity index is 1.55. The molecule has 3 aliphatic rings.